The van der Waals surface area contributed by atoms with Crippen molar-refractivity contribution in [3.63, 3.8) is 0 Å². The third-order valence-corrected chi connectivity index (χ3v) is 7.80. The van der Waals surface area contributed by atoms with Crippen LogP contribution in [0.1, 0.15) is 54.1 Å². The maximum Gasteiger partial charge on any atom is 0.226 e. The molecule has 0 radical (unpaired) electrons. The van der Waals surface area contributed by atoms with E-state index in [1.807, 2.05) is 69.4 Å². The second kappa shape index (κ2) is 11.1. The number of carbonyl (C=O) groups excluding carboxylic acids is 1. The van der Waals surface area contributed by atoms with Crippen molar-refractivity contribution in [2.45, 2.75) is 46.7 Å². The zero-order valence-corrected chi connectivity index (χ0v) is 24.5. The molecule has 0 saturated carbocycles. The van der Waals surface area contributed by atoms with E-state index in [4.69, 9.17) is 21.9 Å². The van der Waals surface area contributed by atoms with Gasteiger partial charge < -0.3 is 24.8 Å². The Bertz CT molecular complexity index is 1550. The Kier molecular flexibility index (Phi) is 7.63. The van der Waals surface area contributed by atoms with E-state index in [-0.39, 0.29) is 23.9 Å². The second-order valence-corrected chi connectivity index (χ2v) is 10.9. The molecule has 2 N–H and O–H groups in total. The molecule has 2 aromatic heterocycles. The van der Waals surface area contributed by atoms with E-state index in [1.54, 1.807) is 7.11 Å². The number of ether oxygens (including phenoxy) is 1. The van der Waals surface area contributed by atoms with E-state index in [0.717, 1.165) is 51.0 Å². The van der Waals surface area contributed by atoms with Crippen molar-refractivity contribution < 1.29 is 9.53 Å². The number of benzene rings is 2. The number of thiocarbonyl (C=S) groups is 1. The van der Waals surface area contributed by atoms with Gasteiger partial charge in [0.15, 0.2) is 5.11 Å². The van der Waals surface area contributed by atoms with Crippen LogP contribution in [0.2, 0.25) is 0 Å². The number of aryl methyl sites for hydroxylation is 2. The average Bonchev–Trinajstić information content (AvgIpc) is 3.44. The average molecular weight is 554 g/mol. The quantitative estimate of drug-likeness (QED) is 0.252. The van der Waals surface area contributed by atoms with Crippen molar-refractivity contribution in [2.75, 3.05) is 17.3 Å². The first-order valence-corrected chi connectivity index (χ1v) is 13.9. The number of rotatable bonds is 7. The molecule has 0 aliphatic carbocycles. The summed E-state index contributed by atoms with van der Waals surface area (Å²) in [5.74, 6) is 0.716. The first-order chi connectivity index (χ1) is 19.2. The number of pyridine rings is 1. The maximum atomic E-state index is 12.4. The van der Waals surface area contributed by atoms with E-state index >= 15 is 0 Å². The highest BCUT2D eigenvalue weighted by molar-refractivity contribution is 7.80. The fraction of sp³-hybridized carbons (Fsp3) is 0.281. The molecule has 5 rings (SSSR count). The number of amides is 1. The number of methoxy groups -OCH3 is 1. The monoisotopic (exact) mass is 553 g/mol. The first kappa shape index (κ1) is 27.4. The fourth-order valence-corrected chi connectivity index (χ4v) is 5.73. The van der Waals surface area contributed by atoms with Gasteiger partial charge in [0.25, 0.3) is 0 Å². The van der Waals surface area contributed by atoms with Crippen LogP contribution in [0.15, 0.2) is 72.9 Å². The van der Waals surface area contributed by atoms with Crippen molar-refractivity contribution in [3.8, 4) is 11.4 Å². The summed E-state index contributed by atoms with van der Waals surface area (Å²) in [7, 11) is 1.67. The summed E-state index contributed by atoms with van der Waals surface area (Å²) in [5.41, 5.74) is 8.12. The van der Waals surface area contributed by atoms with Gasteiger partial charge in [0.05, 0.1) is 24.9 Å². The van der Waals surface area contributed by atoms with Crippen molar-refractivity contribution in [1.82, 2.24) is 14.9 Å². The minimum atomic E-state index is -0.154. The molecule has 1 aliphatic rings. The number of aromatic nitrogens is 2. The topological polar surface area (TPSA) is 71.4 Å². The lowest BCUT2D eigenvalue weighted by Crippen LogP contribution is -2.29. The van der Waals surface area contributed by atoms with Crippen LogP contribution in [0.3, 0.4) is 0 Å². The summed E-state index contributed by atoms with van der Waals surface area (Å²) in [4.78, 5) is 19.2. The highest BCUT2D eigenvalue weighted by Gasteiger charge is 2.42. The molecule has 0 unspecified atom stereocenters. The van der Waals surface area contributed by atoms with Crippen molar-refractivity contribution in [2.24, 2.45) is 5.92 Å². The van der Waals surface area contributed by atoms with E-state index in [0.29, 0.717) is 5.11 Å². The number of nitrogens with zero attached hydrogens (tertiary/aromatic N) is 3. The molecule has 4 aromatic rings. The van der Waals surface area contributed by atoms with Crippen LogP contribution in [-0.4, -0.2) is 27.7 Å². The van der Waals surface area contributed by atoms with Gasteiger partial charge in [-0.15, -0.1) is 0 Å². The highest BCUT2D eigenvalue weighted by Crippen LogP contribution is 2.44. The Morgan fingerprint density at radius 3 is 2.38 bits per heavy atom. The van der Waals surface area contributed by atoms with Gasteiger partial charge in [-0.2, -0.15) is 0 Å². The predicted octanol–water partition coefficient (Wildman–Crippen LogP) is 6.58. The molecule has 2 aromatic carbocycles. The van der Waals surface area contributed by atoms with Crippen molar-refractivity contribution >= 4 is 34.6 Å². The third kappa shape index (κ3) is 5.07. The predicted molar refractivity (Wildman–Crippen MR) is 164 cm³/mol. The molecule has 40 heavy (non-hydrogen) atoms. The smallest absolute Gasteiger partial charge is 0.226 e. The van der Waals surface area contributed by atoms with Gasteiger partial charge in [-0.3, -0.25) is 9.78 Å². The number of hydrogen-bond donors (Lipinski definition) is 2. The van der Waals surface area contributed by atoms with Crippen LogP contribution in [0.5, 0.6) is 5.75 Å². The Morgan fingerprint density at radius 1 is 1.02 bits per heavy atom. The van der Waals surface area contributed by atoms with E-state index in [2.05, 4.69) is 58.2 Å². The minimum Gasteiger partial charge on any atom is -0.497 e. The molecule has 0 spiro atoms. The molecule has 3 heterocycles. The lowest BCUT2D eigenvalue weighted by Gasteiger charge is -2.29. The zero-order valence-electron chi connectivity index (χ0n) is 23.7. The molecule has 1 fully saturated rings. The van der Waals surface area contributed by atoms with Crippen LogP contribution in [0.4, 0.5) is 11.4 Å². The SMILES string of the molecule is COc1ccc(-n2c(C)cc([C@H]3[C@H](c4ccccn4)NC(=S)N3c3ccc(NC(=O)C(C)C)c(C)c3)c2C)cc1. The molecule has 1 amide bonds. The van der Waals surface area contributed by atoms with Crippen LogP contribution in [-0.2, 0) is 4.79 Å². The summed E-state index contributed by atoms with van der Waals surface area (Å²) < 4.78 is 7.64. The standard InChI is InChI=1S/C32H35N5O2S/c1-19(2)31(38)34-27-15-12-24(17-20(27)3)37-30(29(35-32(37)40)28-9-7-8-16-33-28)26-18-21(4)36(22(26)5)23-10-13-25(39-6)14-11-23/h7-19,29-30H,1-6H3,(H,34,38)(H,35,40)/t29-,30-/m0/s1. The van der Waals surface area contributed by atoms with Gasteiger partial charge in [-0.1, -0.05) is 19.9 Å². The van der Waals surface area contributed by atoms with E-state index < -0.39 is 0 Å². The summed E-state index contributed by atoms with van der Waals surface area (Å²) >= 11 is 5.96. The lowest BCUT2D eigenvalue weighted by atomic mass is 9.96. The zero-order chi connectivity index (χ0) is 28.6. The molecule has 0 bridgehead atoms. The summed E-state index contributed by atoms with van der Waals surface area (Å²) in [5, 5.41) is 7.23. The van der Waals surface area contributed by atoms with Crippen LogP contribution < -0.4 is 20.3 Å². The molecular weight excluding hydrogens is 518 g/mol. The van der Waals surface area contributed by atoms with Gasteiger partial charge in [0, 0.05) is 40.6 Å². The summed E-state index contributed by atoms with van der Waals surface area (Å²) in [6, 6.07) is 22.1. The molecule has 206 valence electrons. The molecule has 8 heteroatoms. The molecular formula is C32H35N5O2S. The Labute approximate surface area is 241 Å². The number of anilines is 2. The molecule has 1 aliphatic heterocycles. The van der Waals surface area contributed by atoms with Gasteiger partial charge in [0.1, 0.15) is 5.75 Å². The van der Waals surface area contributed by atoms with Gasteiger partial charge in [-0.25, -0.2) is 0 Å². The Balaban J connectivity index is 1.60. The lowest BCUT2D eigenvalue weighted by molar-refractivity contribution is -0.118. The Hall–Kier alpha value is -4.17. The third-order valence-electron chi connectivity index (χ3n) is 7.49. The number of nitrogens with one attached hydrogen (secondary N) is 2. The van der Waals surface area contributed by atoms with Gasteiger partial charge >= 0.3 is 0 Å². The first-order valence-electron chi connectivity index (χ1n) is 13.4. The van der Waals surface area contributed by atoms with Crippen LogP contribution >= 0.6 is 12.2 Å². The van der Waals surface area contributed by atoms with E-state index in [1.165, 1.54) is 0 Å². The largest absolute Gasteiger partial charge is 0.497 e. The van der Waals surface area contributed by atoms with Gasteiger partial charge in [0.2, 0.25) is 5.91 Å². The summed E-state index contributed by atoms with van der Waals surface area (Å²) in [6.07, 6.45) is 1.82. The Morgan fingerprint density at radius 2 is 1.75 bits per heavy atom. The van der Waals surface area contributed by atoms with Crippen LogP contribution in [0.25, 0.3) is 5.69 Å². The molecule has 1 saturated heterocycles. The molecule has 2 atom stereocenters. The second-order valence-electron chi connectivity index (χ2n) is 10.5. The minimum absolute atomic E-state index is 0.00623. The molecule has 7 nitrogen and oxygen atoms in total. The highest BCUT2D eigenvalue weighted by atomic mass is 32.1. The number of hydrogen-bond acceptors (Lipinski definition) is 4. The number of carbonyl (C=O) groups is 1. The van der Waals surface area contributed by atoms with Crippen LogP contribution in [0, 0.1) is 26.7 Å². The van der Waals surface area contributed by atoms with Gasteiger partial charge in [-0.05, 0) is 105 Å². The van der Waals surface area contributed by atoms with Crippen molar-refractivity contribution in [3.05, 3.63) is 101 Å². The maximum absolute atomic E-state index is 12.4. The fourth-order valence-electron chi connectivity index (χ4n) is 5.38. The van der Waals surface area contributed by atoms with Crippen molar-refractivity contribution in [1.29, 1.82) is 0 Å². The normalized spacial score (nSPS) is 16.8. The summed E-state index contributed by atoms with van der Waals surface area (Å²) in [6.45, 7) is 10.1. The van der Waals surface area contributed by atoms with E-state index in [9.17, 15) is 4.79 Å².